The third-order valence-corrected chi connectivity index (χ3v) is 6.08. The maximum absolute atomic E-state index is 13.0. The van der Waals surface area contributed by atoms with E-state index in [9.17, 15) is 14.4 Å². The Morgan fingerprint density at radius 1 is 0.744 bits per heavy atom. The molecule has 0 atom stereocenters. The van der Waals surface area contributed by atoms with Crippen molar-refractivity contribution in [2.75, 3.05) is 20.3 Å². The Morgan fingerprint density at radius 2 is 1.33 bits per heavy atom. The summed E-state index contributed by atoms with van der Waals surface area (Å²) in [6.45, 7) is 2.76. The van der Waals surface area contributed by atoms with E-state index in [1.807, 2.05) is 0 Å². The highest BCUT2D eigenvalue weighted by molar-refractivity contribution is 5.96. The molecule has 0 bridgehead atoms. The molecule has 39 heavy (non-hydrogen) atoms. The van der Waals surface area contributed by atoms with Gasteiger partial charge in [0.15, 0.2) is 0 Å². The molecule has 0 radical (unpaired) electrons. The predicted molar refractivity (Wildman–Crippen MR) is 149 cm³/mol. The minimum Gasteiger partial charge on any atom is -0.497 e. The lowest BCUT2D eigenvalue weighted by atomic mass is 10.1. The molecule has 0 aromatic heterocycles. The molecule has 0 aliphatic heterocycles. The molecule has 0 aliphatic rings. The van der Waals surface area contributed by atoms with Crippen LogP contribution in [0.25, 0.3) is 0 Å². The lowest BCUT2D eigenvalue weighted by molar-refractivity contribution is -0.118. The number of carbonyl (C=O) groups excluding carboxylic acids is 3. The first-order chi connectivity index (χ1) is 18.9. The number of rotatable bonds is 15. The minimum atomic E-state index is -0.620. The number of amides is 2. The highest BCUT2D eigenvalue weighted by Crippen LogP contribution is 2.19. The summed E-state index contributed by atoms with van der Waals surface area (Å²) < 4.78 is 16.4. The van der Waals surface area contributed by atoms with Gasteiger partial charge in [-0.25, -0.2) is 4.79 Å². The second-order valence-electron chi connectivity index (χ2n) is 9.18. The van der Waals surface area contributed by atoms with Crippen LogP contribution in [0.1, 0.15) is 65.3 Å². The van der Waals surface area contributed by atoms with Gasteiger partial charge < -0.3 is 24.8 Å². The van der Waals surface area contributed by atoms with Crippen molar-refractivity contribution in [3.05, 3.63) is 89.5 Å². The fourth-order valence-corrected chi connectivity index (χ4v) is 3.94. The summed E-state index contributed by atoms with van der Waals surface area (Å²) >= 11 is 0. The van der Waals surface area contributed by atoms with Gasteiger partial charge >= 0.3 is 5.97 Å². The van der Waals surface area contributed by atoms with Crippen LogP contribution < -0.4 is 19.9 Å². The van der Waals surface area contributed by atoms with Gasteiger partial charge in [-0.15, -0.1) is 0 Å². The Labute approximate surface area is 229 Å². The van der Waals surface area contributed by atoms with Crippen molar-refractivity contribution in [3.63, 3.8) is 0 Å². The zero-order valence-electron chi connectivity index (χ0n) is 22.6. The summed E-state index contributed by atoms with van der Waals surface area (Å²) in [6, 6.07) is 20.2. The molecule has 0 saturated carbocycles. The molecule has 2 amide bonds. The first-order valence-electron chi connectivity index (χ1n) is 13.1. The van der Waals surface area contributed by atoms with Gasteiger partial charge in [-0.3, -0.25) is 9.59 Å². The molecule has 2 N–H and O–H groups in total. The van der Waals surface area contributed by atoms with Crippen LogP contribution in [0.15, 0.2) is 72.8 Å². The summed E-state index contributed by atoms with van der Waals surface area (Å²) in [5, 5.41) is 0. The third-order valence-electron chi connectivity index (χ3n) is 6.08. The SMILES string of the molecule is CCCCCCCOc1ccc(C(=O)Oc2ccc(CN(CC(N)=O)C(=O)c3ccc(OC)cc3)cc2)cc1. The summed E-state index contributed by atoms with van der Waals surface area (Å²) in [5.74, 6) is 0.256. The van der Waals surface area contributed by atoms with Gasteiger partial charge in [0.05, 0.1) is 25.8 Å². The van der Waals surface area contributed by atoms with E-state index in [1.54, 1.807) is 79.9 Å². The molecule has 3 aromatic carbocycles. The fraction of sp³-hybridized carbons (Fsp3) is 0.323. The Morgan fingerprint density at radius 3 is 1.95 bits per heavy atom. The number of nitrogens with two attached hydrogens (primary N) is 1. The molecule has 0 fully saturated rings. The zero-order chi connectivity index (χ0) is 28.0. The van der Waals surface area contributed by atoms with Crippen molar-refractivity contribution in [3.8, 4) is 17.2 Å². The average Bonchev–Trinajstić information content (AvgIpc) is 2.95. The van der Waals surface area contributed by atoms with E-state index in [2.05, 4.69) is 6.92 Å². The van der Waals surface area contributed by atoms with Crippen molar-refractivity contribution in [2.24, 2.45) is 5.73 Å². The van der Waals surface area contributed by atoms with Crippen LogP contribution >= 0.6 is 0 Å². The van der Waals surface area contributed by atoms with Crippen LogP contribution in [-0.4, -0.2) is 42.9 Å². The minimum absolute atomic E-state index is 0.155. The number of methoxy groups -OCH3 is 1. The fourth-order valence-electron chi connectivity index (χ4n) is 3.94. The van der Waals surface area contributed by atoms with E-state index in [1.165, 1.54) is 24.2 Å². The van der Waals surface area contributed by atoms with Crippen LogP contribution in [-0.2, 0) is 11.3 Å². The van der Waals surface area contributed by atoms with Gasteiger partial charge in [0.1, 0.15) is 17.2 Å². The van der Waals surface area contributed by atoms with Crippen molar-refractivity contribution < 1.29 is 28.6 Å². The summed E-state index contributed by atoms with van der Waals surface area (Å²) in [5.41, 5.74) is 6.94. The second kappa shape index (κ2) is 15.2. The largest absolute Gasteiger partial charge is 0.497 e. The standard InChI is InChI=1S/C31H36N2O6/c1-3-4-5-6-7-20-38-27-18-12-25(13-19-27)31(36)39-28-14-8-23(9-15-28)21-33(22-29(32)34)30(35)24-10-16-26(37-2)17-11-24/h8-19H,3-7,20-22H2,1-2H3,(H2,32,34). The number of hydrogen-bond donors (Lipinski definition) is 1. The topological polar surface area (TPSA) is 108 Å². The predicted octanol–water partition coefficient (Wildman–Crippen LogP) is 5.39. The van der Waals surface area contributed by atoms with Crippen molar-refractivity contribution >= 4 is 17.8 Å². The lowest BCUT2D eigenvalue weighted by Crippen LogP contribution is -2.38. The summed E-state index contributed by atoms with van der Waals surface area (Å²) in [7, 11) is 1.54. The van der Waals surface area contributed by atoms with Crippen LogP contribution in [0.2, 0.25) is 0 Å². The van der Waals surface area contributed by atoms with Crippen molar-refractivity contribution in [1.29, 1.82) is 0 Å². The van der Waals surface area contributed by atoms with E-state index < -0.39 is 11.9 Å². The molecule has 8 nitrogen and oxygen atoms in total. The first kappa shape index (κ1) is 29.2. The second-order valence-corrected chi connectivity index (χ2v) is 9.18. The van der Waals surface area contributed by atoms with E-state index in [0.717, 1.165) is 24.2 Å². The Balaban J connectivity index is 1.55. The number of carbonyl (C=O) groups is 3. The van der Waals surface area contributed by atoms with Crippen LogP contribution in [0, 0.1) is 0 Å². The maximum Gasteiger partial charge on any atom is 0.343 e. The van der Waals surface area contributed by atoms with Crippen molar-refractivity contribution in [1.82, 2.24) is 4.90 Å². The lowest BCUT2D eigenvalue weighted by Gasteiger charge is -2.21. The Kier molecular flexibility index (Phi) is 11.4. The molecule has 206 valence electrons. The van der Waals surface area contributed by atoms with Gasteiger partial charge in [0, 0.05) is 12.1 Å². The van der Waals surface area contributed by atoms with E-state index in [4.69, 9.17) is 19.9 Å². The Bertz CT molecular complexity index is 1210. The highest BCUT2D eigenvalue weighted by atomic mass is 16.5. The average molecular weight is 533 g/mol. The molecule has 0 spiro atoms. The van der Waals surface area contributed by atoms with Gasteiger partial charge in [0.25, 0.3) is 5.91 Å². The number of primary amides is 1. The molecule has 8 heteroatoms. The van der Waals surface area contributed by atoms with Gasteiger partial charge in [0.2, 0.25) is 5.91 Å². The molecule has 0 heterocycles. The van der Waals surface area contributed by atoms with E-state index >= 15 is 0 Å². The monoisotopic (exact) mass is 532 g/mol. The molecule has 3 aromatic rings. The van der Waals surface area contributed by atoms with E-state index in [-0.39, 0.29) is 19.0 Å². The molecule has 0 saturated heterocycles. The number of ether oxygens (including phenoxy) is 3. The smallest absolute Gasteiger partial charge is 0.343 e. The number of benzene rings is 3. The molecule has 3 rings (SSSR count). The quantitative estimate of drug-likeness (QED) is 0.160. The molecular weight excluding hydrogens is 496 g/mol. The third kappa shape index (κ3) is 9.48. The number of esters is 1. The summed E-state index contributed by atoms with van der Waals surface area (Å²) in [4.78, 5) is 38.5. The van der Waals surface area contributed by atoms with Gasteiger partial charge in [-0.1, -0.05) is 44.7 Å². The number of unbranched alkanes of at least 4 members (excludes halogenated alkanes) is 4. The van der Waals surface area contributed by atoms with Gasteiger partial charge in [-0.2, -0.15) is 0 Å². The first-order valence-corrected chi connectivity index (χ1v) is 13.1. The van der Waals surface area contributed by atoms with Crippen LogP contribution in [0.5, 0.6) is 17.2 Å². The number of nitrogens with zero attached hydrogens (tertiary/aromatic N) is 1. The van der Waals surface area contributed by atoms with Crippen LogP contribution in [0.3, 0.4) is 0 Å². The molecule has 0 unspecified atom stereocenters. The normalized spacial score (nSPS) is 10.5. The summed E-state index contributed by atoms with van der Waals surface area (Å²) in [6.07, 6.45) is 5.84. The zero-order valence-corrected chi connectivity index (χ0v) is 22.6. The van der Waals surface area contributed by atoms with E-state index in [0.29, 0.717) is 29.2 Å². The number of hydrogen-bond acceptors (Lipinski definition) is 6. The molecule has 0 aliphatic carbocycles. The molecular formula is C31H36N2O6. The van der Waals surface area contributed by atoms with Gasteiger partial charge in [-0.05, 0) is 72.6 Å². The van der Waals surface area contributed by atoms with Crippen molar-refractivity contribution in [2.45, 2.75) is 45.6 Å². The highest BCUT2D eigenvalue weighted by Gasteiger charge is 2.19. The van der Waals surface area contributed by atoms with Crippen LogP contribution in [0.4, 0.5) is 0 Å². The maximum atomic E-state index is 13.0. The Hall–Kier alpha value is -4.33.